The molecule has 0 bridgehead atoms. The molecule has 1 aromatic heterocycles. The van der Waals surface area contributed by atoms with Crippen LogP contribution in [0.5, 0.6) is 0 Å². The summed E-state index contributed by atoms with van der Waals surface area (Å²) < 4.78 is 0. The summed E-state index contributed by atoms with van der Waals surface area (Å²) in [6.07, 6.45) is 1.75. The molecule has 3 nitrogen and oxygen atoms in total. The third-order valence-corrected chi connectivity index (χ3v) is 2.28. The minimum Gasteiger partial charge on any atom is -0.350 e. The quantitative estimate of drug-likeness (QED) is 0.833. The Hall–Kier alpha value is -1.90. The molecular weight excluding hydrogens is 200 g/mol. The van der Waals surface area contributed by atoms with Gasteiger partial charge >= 0.3 is 0 Å². The molecule has 0 fully saturated rings. The van der Waals surface area contributed by atoms with Crippen molar-refractivity contribution in [1.29, 1.82) is 0 Å². The van der Waals surface area contributed by atoms with E-state index in [4.69, 9.17) is 0 Å². The molecule has 1 N–H and O–H groups in total. The first kappa shape index (κ1) is 10.6. The van der Waals surface area contributed by atoms with Gasteiger partial charge in [-0.05, 0) is 38.1 Å². The van der Waals surface area contributed by atoms with E-state index >= 15 is 0 Å². The smallest absolute Gasteiger partial charge is 0.251 e. The minimum atomic E-state index is -0.0410. The fourth-order valence-corrected chi connectivity index (χ4v) is 1.56. The number of benzene rings is 1. The second-order valence-corrected chi connectivity index (χ2v) is 4.04. The maximum absolute atomic E-state index is 11.8. The molecule has 0 spiro atoms. The number of hydrogen-bond donors (Lipinski definition) is 1. The molecule has 0 saturated carbocycles. The first-order valence-corrected chi connectivity index (χ1v) is 5.32. The lowest BCUT2D eigenvalue weighted by Gasteiger charge is -2.08. The Bertz CT molecular complexity index is 520. The predicted molar refractivity (Wildman–Crippen MR) is 64.3 cm³/mol. The summed E-state index contributed by atoms with van der Waals surface area (Å²) in [6, 6.07) is 9.50. The lowest BCUT2D eigenvalue weighted by molar-refractivity contribution is 0.0943. The second-order valence-electron chi connectivity index (χ2n) is 4.04. The first-order valence-electron chi connectivity index (χ1n) is 5.32. The number of rotatable bonds is 2. The van der Waals surface area contributed by atoms with Gasteiger partial charge in [-0.25, -0.2) is 0 Å². The Morgan fingerprint density at radius 2 is 2.12 bits per heavy atom. The Morgan fingerprint density at radius 1 is 1.31 bits per heavy atom. The van der Waals surface area contributed by atoms with E-state index in [1.165, 1.54) is 0 Å². The van der Waals surface area contributed by atoms with E-state index in [0.717, 1.165) is 10.9 Å². The molecule has 0 aliphatic rings. The van der Waals surface area contributed by atoms with Crippen LogP contribution in [-0.2, 0) is 0 Å². The predicted octanol–water partition coefficient (Wildman–Crippen LogP) is 2.37. The Morgan fingerprint density at radius 3 is 2.88 bits per heavy atom. The molecule has 2 aromatic rings. The molecule has 1 aromatic carbocycles. The Kier molecular flexibility index (Phi) is 2.86. The van der Waals surface area contributed by atoms with Crippen LogP contribution in [0.15, 0.2) is 36.5 Å². The van der Waals surface area contributed by atoms with Gasteiger partial charge in [-0.1, -0.05) is 6.07 Å². The van der Waals surface area contributed by atoms with E-state index in [2.05, 4.69) is 10.3 Å². The van der Waals surface area contributed by atoms with E-state index < -0.39 is 0 Å². The molecule has 2 rings (SSSR count). The van der Waals surface area contributed by atoms with Crippen molar-refractivity contribution >= 4 is 16.8 Å². The van der Waals surface area contributed by atoms with Crippen molar-refractivity contribution in [1.82, 2.24) is 10.3 Å². The molecule has 3 heteroatoms. The van der Waals surface area contributed by atoms with E-state index in [-0.39, 0.29) is 11.9 Å². The zero-order valence-corrected chi connectivity index (χ0v) is 9.40. The van der Waals surface area contributed by atoms with E-state index in [0.29, 0.717) is 5.56 Å². The highest BCUT2D eigenvalue weighted by Crippen LogP contribution is 2.13. The van der Waals surface area contributed by atoms with Crippen LogP contribution in [0.2, 0.25) is 0 Å². The average molecular weight is 214 g/mol. The Labute approximate surface area is 94.5 Å². The van der Waals surface area contributed by atoms with Crippen LogP contribution in [0.3, 0.4) is 0 Å². The fraction of sp³-hybridized carbons (Fsp3) is 0.231. The van der Waals surface area contributed by atoms with Crippen molar-refractivity contribution in [2.45, 2.75) is 19.9 Å². The number of pyridine rings is 1. The SMILES string of the molecule is CC(C)NC(=O)c1ccc2ncccc2c1. The largest absolute Gasteiger partial charge is 0.350 e. The van der Waals surface area contributed by atoms with Gasteiger partial charge in [0.25, 0.3) is 5.91 Å². The highest BCUT2D eigenvalue weighted by Gasteiger charge is 2.07. The van der Waals surface area contributed by atoms with Gasteiger partial charge in [0.1, 0.15) is 0 Å². The molecule has 0 aliphatic heterocycles. The normalized spacial score (nSPS) is 10.7. The number of aromatic nitrogens is 1. The highest BCUT2D eigenvalue weighted by molar-refractivity contribution is 5.97. The van der Waals surface area contributed by atoms with Crippen molar-refractivity contribution in [3.8, 4) is 0 Å². The summed E-state index contributed by atoms with van der Waals surface area (Å²) >= 11 is 0. The molecule has 1 amide bonds. The first-order chi connectivity index (χ1) is 7.66. The lowest BCUT2D eigenvalue weighted by atomic mass is 10.1. The molecule has 82 valence electrons. The summed E-state index contributed by atoms with van der Waals surface area (Å²) in [7, 11) is 0. The molecule has 0 radical (unpaired) electrons. The number of fused-ring (bicyclic) bond motifs is 1. The summed E-state index contributed by atoms with van der Waals surface area (Å²) in [5.41, 5.74) is 1.58. The number of carbonyl (C=O) groups is 1. The third-order valence-electron chi connectivity index (χ3n) is 2.28. The molecule has 0 unspecified atom stereocenters. The minimum absolute atomic E-state index is 0.0410. The zero-order valence-electron chi connectivity index (χ0n) is 9.40. The number of nitrogens with one attached hydrogen (secondary N) is 1. The van der Waals surface area contributed by atoms with Crippen LogP contribution in [0.1, 0.15) is 24.2 Å². The number of amides is 1. The molecule has 0 aliphatic carbocycles. The van der Waals surface area contributed by atoms with Gasteiger partial charge in [-0.3, -0.25) is 9.78 Å². The van der Waals surface area contributed by atoms with Gasteiger partial charge in [-0.2, -0.15) is 0 Å². The zero-order chi connectivity index (χ0) is 11.5. The van der Waals surface area contributed by atoms with Crippen LogP contribution >= 0.6 is 0 Å². The van der Waals surface area contributed by atoms with Crippen molar-refractivity contribution in [3.63, 3.8) is 0 Å². The van der Waals surface area contributed by atoms with Gasteiger partial charge in [0.2, 0.25) is 0 Å². The second kappa shape index (κ2) is 4.31. The monoisotopic (exact) mass is 214 g/mol. The van der Waals surface area contributed by atoms with E-state index in [1.54, 1.807) is 12.3 Å². The van der Waals surface area contributed by atoms with Crippen LogP contribution in [-0.4, -0.2) is 16.9 Å². The summed E-state index contributed by atoms with van der Waals surface area (Å²) in [6.45, 7) is 3.89. The van der Waals surface area contributed by atoms with Gasteiger partial charge in [0, 0.05) is 23.2 Å². The van der Waals surface area contributed by atoms with Gasteiger partial charge in [0.15, 0.2) is 0 Å². The molecular formula is C13H14N2O. The summed E-state index contributed by atoms with van der Waals surface area (Å²) in [5.74, 6) is -0.0410. The van der Waals surface area contributed by atoms with Crippen LogP contribution in [0.25, 0.3) is 10.9 Å². The van der Waals surface area contributed by atoms with Crippen molar-refractivity contribution < 1.29 is 4.79 Å². The van der Waals surface area contributed by atoms with E-state index in [9.17, 15) is 4.79 Å². The number of carbonyl (C=O) groups excluding carboxylic acids is 1. The average Bonchev–Trinajstić information content (AvgIpc) is 2.27. The molecule has 0 saturated heterocycles. The maximum atomic E-state index is 11.8. The summed E-state index contributed by atoms with van der Waals surface area (Å²) in [5, 5.41) is 3.85. The van der Waals surface area contributed by atoms with Crippen molar-refractivity contribution in [2.75, 3.05) is 0 Å². The van der Waals surface area contributed by atoms with Crippen LogP contribution in [0.4, 0.5) is 0 Å². The molecule has 16 heavy (non-hydrogen) atoms. The van der Waals surface area contributed by atoms with Gasteiger partial charge in [0.05, 0.1) is 5.52 Å². The summed E-state index contributed by atoms with van der Waals surface area (Å²) in [4.78, 5) is 16.0. The topological polar surface area (TPSA) is 42.0 Å². The molecule has 0 atom stereocenters. The van der Waals surface area contributed by atoms with Crippen LogP contribution < -0.4 is 5.32 Å². The lowest BCUT2D eigenvalue weighted by Crippen LogP contribution is -2.29. The number of nitrogens with zero attached hydrogens (tertiary/aromatic N) is 1. The van der Waals surface area contributed by atoms with E-state index in [1.807, 2.05) is 38.1 Å². The molecule has 1 heterocycles. The third kappa shape index (κ3) is 2.19. The van der Waals surface area contributed by atoms with Crippen molar-refractivity contribution in [2.24, 2.45) is 0 Å². The van der Waals surface area contributed by atoms with Crippen LogP contribution in [0, 0.1) is 0 Å². The fourth-order valence-electron chi connectivity index (χ4n) is 1.56. The van der Waals surface area contributed by atoms with Gasteiger partial charge in [-0.15, -0.1) is 0 Å². The number of hydrogen-bond acceptors (Lipinski definition) is 2. The van der Waals surface area contributed by atoms with Gasteiger partial charge < -0.3 is 5.32 Å². The standard InChI is InChI=1S/C13H14N2O/c1-9(2)15-13(16)11-5-6-12-10(8-11)4-3-7-14-12/h3-9H,1-2H3,(H,15,16). The Balaban J connectivity index is 2.35. The van der Waals surface area contributed by atoms with Crippen molar-refractivity contribution in [3.05, 3.63) is 42.1 Å². The maximum Gasteiger partial charge on any atom is 0.251 e. The highest BCUT2D eigenvalue weighted by atomic mass is 16.1.